The van der Waals surface area contributed by atoms with Gasteiger partial charge in [-0.05, 0) is 17.7 Å². The second kappa shape index (κ2) is 4.32. The molecule has 0 saturated carbocycles. The first-order chi connectivity index (χ1) is 6.15. The minimum Gasteiger partial charge on any atom is -0.395 e. The molecule has 0 heterocycles. The zero-order valence-electron chi connectivity index (χ0n) is 7.02. The van der Waals surface area contributed by atoms with Crippen LogP contribution in [0, 0.1) is 5.82 Å². The van der Waals surface area contributed by atoms with Gasteiger partial charge in [0.15, 0.2) is 0 Å². The van der Waals surface area contributed by atoms with E-state index in [2.05, 4.69) is 0 Å². The van der Waals surface area contributed by atoms with Crippen molar-refractivity contribution < 1.29 is 14.6 Å². The van der Waals surface area contributed by atoms with E-state index < -0.39 is 12.1 Å². The number of hydrogen-bond donors (Lipinski definition) is 3. The van der Waals surface area contributed by atoms with Gasteiger partial charge >= 0.3 is 0 Å². The third kappa shape index (κ3) is 2.48. The Labute approximate surface area is 75.6 Å². The van der Waals surface area contributed by atoms with Crippen molar-refractivity contribution in [2.75, 3.05) is 6.61 Å². The van der Waals surface area contributed by atoms with Gasteiger partial charge in [0.2, 0.25) is 0 Å². The standard InChI is InChI=1S/C9H12FNO2/c10-7-3-1-6(2-4-7)9(13)8(11)5-12/h1-4,8-9,12-13H,5,11H2/t8?,9-/m1/s1. The lowest BCUT2D eigenvalue weighted by Crippen LogP contribution is -2.31. The van der Waals surface area contributed by atoms with Gasteiger partial charge in [-0.25, -0.2) is 4.39 Å². The van der Waals surface area contributed by atoms with Gasteiger partial charge in [-0.1, -0.05) is 12.1 Å². The molecule has 1 unspecified atom stereocenters. The molecule has 1 rings (SSSR count). The molecule has 13 heavy (non-hydrogen) atoms. The van der Waals surface area contributed by atoms with Gasteiger partial charge in [-0.3, -0.25) is 0 Å². The molecule has 0 aliphatic carbocycles. The molecule has 0 fully saturated rings. The first-order valence-electron chi connectivity index (χ1n) is 3.95. The number of hydrogen-bond acceptors (Lipinski definition) is 3. The lowest BCUT2D eigenvalue weighted by molar-refractivity contribution is 0.109. The van der Waals surface area contributed by atoms with Crippen molar-refractivity contribution in [3.63, 3.8) is 0 Å². The summed E-state index contributed by atoms with van der Waals surface area (Å²) >= 11 is 0. The Bertz CT molecular complexity index is 263. The van der Waals surface area contributed by atoms with E-state index in [9.17, 15) is 9.50 Å². The molecular weight excluding hydrogens is 173 g/mol. The topological polar surface area (TPSA) is 66.5 Å². The summed E-state index contributed by atoms with van der Waals surface area (Å²) in [5, 5.41) is 18.1. The Morgan fingerprint density at radius 1 is 1.31 bits per heavy atom. The van der Waals surface area contributed by atoms with Crippen molar-refractivity contribution in [1.29, 1.82) is 0 Å². The fraction of sp³-hybridized carbons (Fsp3) is 0.333. The third-order valence-electron chi connectivity index (χ3n) is 1.83. The second-order valence-corrected chi connectivity index (χ2v) is 2.84. The molecule has 1 aromatic carbocycles. The Morgan fingerprint density at radius 3 is 2.31 bits per heavy atom. The van der Waals surface area contributed by atoms with E-state index in [1.807, 2.05) is 0 Å². The molecule has 0 bridgehead atoms. The fourth-order valence-electron chi connectivity index (χ4n) is 1.01. The summed E-state index contributed by atoms with van der Waals surface area (Å²) in [6, 6.07) is 4.63. The van der Waals surface area contributed by atoms with Crippen molar-refractivity contribution in [3.05, 3.63) is 35.6 Å². The Balaban J connectivity index is 2.77. The maximum absolute atomic E-state index is 12.5. The van der Waals surface area contributed by atoms with Gasteiger partial charge in [0.1, 0.15) is 5.82 Å². The molecule has 0 aromatic heterocycles. The minimum absolute atomic E-state index is 0.307. The van der Waals surface area contributed by atoms with Gasteiger partial charge in [0.05, 0.1) is 18.8 Å². The van der Waals surface area contributed by atoms with E-state index in [1.54, 1.807) is 0 Å². The molecule has 0 aliphatic heterocycles. The quantitative estimate of drug-likeness (QED) is 0.629. The van der Waals surface area contributed by atoms with Crippen LogP contribution in [0.1, 0.15) is 11.7 Å². The summed E-state index contributed by atoms with van der Waals surface area (Å²) in [7, 11) is 0. The third-order valence-corrected chi connectivity index (χ3v) is 1.83. The first kappa shape index (κ1) is 10.1. The van der Waals surface area contributed by atoms with Gasteiger partial charge in [0.25, 0.3) is 0 Å². The monoisotopic (exact) mass is 185 g/mol. The fourth-order valence-corrected chi connectivity index (χ4v) is 1.01. The van der Waals surface area contributed by atoms with Crippen molar-refractivity contribution in [1.82, 2.24) is 0 Å². The van der Waals surface area contributed by atoms with Crippen LogP contribution in [0.15, 0.2) is 24.3 Å². The molecule has 4 N–H and O–H groups in total. The van der Waals surface area contributed by atoms with Crippen LogP contribution in [0.25, 0.3) is 0 Å². The van der Waals surface area contributed by atoms with Gasteiger partial charge in [0, 0.05) is 0 Å². The molecule has 72 valence electrons. The Hall–Kier alpha value is -0.970. The van der Waals surface area contributed by atoms with Crippen molar-refractivity contribution in [2.45, 2.75) is 12.1 Å². The van der Waals surface area contributed by atoms with Crippen molar-refractivity contribution in [3.8, 4) is 0 Å². The van der Waals surface area contributed by atoms with E-state index in [0.717, 1.165) is 0 Å². The molecule has 1 aromatic rings. The highest BCUT2D eigenvalue weighted by Gasteiger charge is 2.15. The van der Waals surface area contributed by atoms with Crippen LogP contribution in [-0.2, 0) is 0 Å². The molecule has 0 radical (unpaired) electrons. The number of rotatable bonds is 3. The highest BCUT2D eigenvalue weighted by molar-refractivity contribution is 5.19. The molecule has 2 atom stereocenters. The smallest absolute Gasteiger partial charge is 0.123 e. The lowest BCUT2D eigenvalue weighted by atomic mass is 10.0. The molecule has 4 heteroatoms. The average molecular weight is 185 g/mol. The zero-order valence-corrected chi connectivity index (χ0v) is 7.02. The number of nitrogens with two attached hydrogens (primary N) is 1. The maximum Gasteiger partial charge on any atom is 0.123 e. The summed E-state index contributed by atoms with van der Waals surface area (Å²) in [6.45, 7) is -0.307. The SMILES string of the molecule is NC(CO)[C@H](O)c1ccc(F)cc1. The Morgan fingerprint density at radius 2 is 1.85 bits per heavy atom. The number of aliphatic hydroxyl groups excluding tert-OH is 2. The van der Waals surface area contributed by atoms with Gasteiger partial charge in [-0.2, -0.15) is 0 Å². The van der Waals surface area contributed by atoms with Crippen LogP contribution in [0.2, 0.25) is 0 Å². The first-order valence-corrected chi connectivity index (χ1v) is 3.95. The highest BCUT2D eigenvalue weighted by Crippen LogP contribution is 2.15. The van der Waals surface area contributed by atoms with Crippen LogP contribution < -0.4 is 5.73 Å². The number of halogens is 1. The average Bonchev–Trinajstić information content (AvgIpc) is 2.17. The number of aliphatic hydroxyl groups is 2. The molecule has 3 nitrogen and oxygen atoms in total. The lowest BCUT2D eigenvalue weighted by Gasteiger charge is -2.16. The van der Waals surface area contributed by atoms with E-state index in [4.69, 9.17) is 10.8 Å². The molecule has 0 spiro atoms. The van der Waals surface area contributed by atoms with Crippen LogP contribution in [0.4, 0.5) is 4.39 Å². The van der Waals surface area contributed by atoms with E-state index in [1.165, 1.54) is 24.3 Å². The molecule has 0 aliphatic rings. The van der Waals surface area contributed by atoms with Crippen LogP contribution in [0.5, 0.6) is 0 Å². The van der Waals surface area contributed by atoms with Crippen LogP contribution in [-0.4, -0.2) is 22.9 Å². The van der Waals surface area contributed by atoms with Crippen molar-refractivity contribution in [2.24, 2.45) is 5.73 Å². The van der Waals surface area contributed by atoms with Gasteiger partial charge < -0.3 is 15.9 Å². The summed E-state index contributed by atoms with van der Waals surface area (Å²) in [6.07, 6.45) is -0.953. The summed E-state index contributed by atoms with van der Waals surface area (Å²) in [5.41, 5.74) is 5.90. The van der Waals surface area contributed by atoms with E-state index in [-0.39, 0.29) is 12.4 Å². The predicted molar refractivity (Wildman–Crippen MR) is 46.4 cm³/mol. The van der Waals surface area contributed by atoms with Crippen molar-refractivity contribution >= 4 is 0 Å². The summed E-state index contributed by atoms with van der Waals surface area (Å²) in [4.78, 5) is 0. The highest BCUT2D eigenvalue weighted by atomic mass is 19.1. The predicted octanol–water partition coefficient (Wildman–Crippen LogP) is 0.179. The normalized spacial score (nSPS) is 15.4. The largest absolute Gasteiger partial charge is 0.395 e. The minimum atomic E-state index is -0.953. The summed E-state index contributed by atoms with van der Waals surface area (Å²) < 4.78 is 12.5. The summed E-state index contributed by atoms with van der Waals surface area (Å²) in [5.74, 6) is -0.367. The molecule has 0 saturated heterocycles. The molecule has 0 amide bonds. The second-order valence-electron chi connectivity index (χ2n) is 2.84. The maximum atomic E-state index is 12.5. The van der Waals surface area contributed by atoms with E-state index in [0.29, 0.717) is 5.56 Å². The zero-order chi connectivity index (χ0) is 9.84. The van der Waals surface area contributed by atoms with Crippen LogP contribution >= 0.6 is 0 Å². The van der Waals surface area contributed by atoms with E-state index >= 15 is 0 Å². The Kier molecular flexibility index (Phi) is 3.36. The number of benzene rings is 1. The molecular formula is C9H12FNO2. The van der Waals surface area contributed by atoms with Crippen LogP contribution in [0.3, 0.4) is 0 Å². The van der Waals surface area contributed by atoms with Gasteiger partial charge in [-0.15, -0.1) is 0 Å².